The Morgan fingerprint density at radius 1 is 0.939 bits per heavy atom. The Labute approximate surface area is 196 Å². The predicted octanol–water partition coefficient (Wildman–Crippen LogP) is 5.50. The first-order valence-electron chi connectivity index (χ1n) is 11.3. The van der Waals surface area contributed by atoms with E-state index >= 15 is 0 Å². The zero-order valence-electron chi connectivity index (χ0n) is 19.4. The topological polar surface area (TPSA) is 55.8 Å². The maximum Gasteiger partial charge on any atom is 0.268 e. The van der Waals surface area contributed by atoms with Gasteiger partial charge in [-0.3, -0.25) is 9.59 Å². The van der Waals surface area contributed by atoms with Crippen LogP contribution in [0, 0.1) is 0 Å². The van der Waals surface area contributed by atoms with Crippen LogP contribution in [-0.4, -0.2) is 36.3 Å². The maximum absolute atomic E-state index is 13.5. The van der Waals surface area contributed by atoms with E-state index in [4.69, 9.17) is 9.47 Å². The number of carbonyl (C=O) groups is 2. The molecular weight excluding hydrogens is 414 g/mol. The van der Waals surface area contributed by atoms with Gasteiger partial charge >= 0.3 is 0 Å². The number of benzene rings is 3. The summed E-state index contributed by atoms with van der Waals surface area (Å²) in [6, 6.07) is 24.5. The fraction of sp³-hybridized carbons (Fsp3) is 0.286. The minimum absolute atomic E-state index is 0.0280. The third-order valence-corrected chi connectivity index (χ3v) is 5.41. The zero-order chi connectivity index (χ0) is 23.6. The second-order valence-electron chi connectivity index (χ2n) is 8.03. The quantitative estimate of drug-likeness (QED) is 0.366. The number of amides is 1. The molecule has 3 rings (SSSR count). The van der Waals surface area contributed by atoms with Crippen molar-refractivity contribution in [1.29, 1.82) is 0 Å². The van der Waals surface area contributed by atoms with E-state index in [-0.39, 0.29) is 11.9 Å². The highest BCUT2D eigenvalue weighted by molar-refractivity contribution is 5.83. The molecule has 0 radical (unpaired) electrons. The highest BCUT2D eigenvalue weighted by Crippen LogP contribution is 2.33. The molecule has 0 heterocycles. The molecule has 0 spiro atoms. The van der Waals surface area contributed by atoms with Crippen molar-refractivity contribution in [3.63, 3.8) is 0 Å². The molecule has 0 aromatic heterocycles. The summed E-state index contributed by atoms with van der Waals surface area (Å²) in [5, 5.41) is 0. The summed E-state index contributed by atoms with van der Waals surface area (Å²) >= 11 is 0. The van der Waals surface area contributed by atoms with Crippen LogP contribution in [0.25, 0.3) is 0 Å². The summed E-state index contributed by atoms with van der Waals surface area (Å²) in [6.07, 6.45) is 0.632. The van der Waals surface area contributed by atoms with Crippen LogP contribution in [0.4, 0.5) is 0 Å². The maximum atomic E-state index is 13.5. The van der Waals surface area contributed by atoms with Gasteiger partial charge in [-0.05, 0) is 44.5 Å². The van der Waals surface area contributed by atoms with Crippen LogP contribution in [0.3, 0.4) is 0 Å². The van der Waals surface area contributed by atoms with Crippen LogP contribution in [-0.2, 0) is 11.2 Å². The number of nitrogens with zero attached hydrogens (tertiary/aromatic N) is 1. The molecule has 0 saturated carbocycles. The Bertz CT molecular complexity index is 1030. The zero-order valence-corrected chi connectivity index (χ0v) is 19.4. The minimum Gasteiger partial charge on any atom is -0.489 e. The first kappa shape index (κ1) is 24.1. The standard InChI is InChI=1S/C28H31NO4/c1-4-29(21(2)3)28(31)27(24-13-9-6-10-14-24)33-26-19-23(20-30)15-16-25(26)32-18-17-22-11-7-5-8-12-22/h5-16,19-21,27H,4,17-18H2,1-3H3. The molecule has 0 bridgehead atoms. The number of ether oxygens (including phenoxy) is 2. The summed E-state index contributed by atoms with van der Waals surface area (Å²) < 4.78 is 12.3. The molecule has 1 unspecified atom stereocenters. The van der Waals surface area contributed by atoms with Gasteiger partial charge in [0, 0.05) is 30.1 Å². The van der Waals surface area contributed by atoms with Gasteiger partial charge in [0.15, 0.2) is 11.5 Å². The Hall–Kier alpha value is -3.60. The number of hydrogen-bond acceptors (Lipinski definition) is 4. The van der Waals surface area contributed by atoms with E-state index in [1.165, 1.54) is 0 Å². The number of rotatable bonds is 11. The van der Waals surface area contributed by atoms with Gasteiger partial charge in [-0.1, -0.05) is 60.7 Å². The fourth-order valence-corrected chi connectivity index (χ4v) is 3.67. The molecule has 33 heavy (non-hydrogen) atoms. The lowest BCUT2D eigenvalue weighted by Crippen LogP contribution is -2.41. The van der Waals surface area contributed by atoms with E-state index in [2.05, 4.69) is 0 Å². The molecule has 1 atom stereocenters. The van der Waals surface area contributed by atoms with E-state index in [0.29, 0.717) is 30.2 Å². The smallest absolute Gasteiger partial charge is 0.268 e. The number of carbonyl (C=O) groups excluding carboxylic acids is 2. The van der Waals surface area contributed by atoms with Crippen molar-refractivity contribution < 1.29 is 19.1 Å². The third-order valence-electron chi connectivity index (χ3n) is 5.41. The lowest BCUT2D eigenvalue weighted by atomic mass is 10.1. The molecule has 0 aliphatic carbocycles. The summed E-state index contributed by atoms with van der Waals surface area (Å²) in [5.74, 6) is 0.734. The van der Waals surface area contributed by atoms with Crippen LogP contribution in [0.2, 0.25) is 0 Å². The molecule has 0 saturated heterocycles. The second kappa shape index (κ2) is 11.9. The van der Waals surface area contributed by atoms with Crippen LogP contribution in [0.15, 0.2) is 78.9 Å². The molecule has 0 aliphatic heterocycles. The largest absolute Gasteiger partial charge is 0.489 e. The van der Waals surface area contributed by atoms with Gasteiger partial charge in [0.05, 0.1) is 6.61 Å². The fourth-order valence-electron chi connectivity index (χ4n) is 3.67. The van der Waals surface area contributed by atoms with Crippen LogP contribution in [0.5, 0.6) is 11.5 Å². The molecular formula is C28H31NO4. The molecule has 172 valence electrons. The number of aldehydes is 1. The third kappa shape index (κ3) is 6.45. The van der Waals surface area contributed by atoms with Crippen molar-refractivity contribution in [2.24, 2.45) is 0 Å². The number of likely N-dealkylation sites (N-methyl/N-ethyl adjacent to an activating group) is 1. The summed E-state index contributed by atoms with van der Waals surface area (Å²) in [4.78, 5) is 26.7. The van der Waals surface area contributed by atoms with Gasteiger partial charge in [0.25, 0.3) is 5.91 Å². The van der Waals surface area contributed by atoms with Crippen molar-refractivity contribution >= 4 is 12.2 Å². The molecule has 5 nitrogen and oxygen atoms in total. The van der Waals surface area contributed by atoms with Crippen LogP contribution < -0.4 is 9.47 Å². The highest BCUT2D eigenvalue weighted by Gasteiger charge is 2.29. The van der Waals surface area contributed by atoms with Gasteiger partial charge in [-0.2, -0.15) is 0 Å². The first-order valence-corrected chi connectivity index (χ1v) is 11.3. The summed E-state index contributed by atoms with van der Waals surface area (Å²) in [6.45, 7) is 6.92. The van der Waals surface area contributed by atoms with Crippen molar-refractivity contribution in [2.45, 2.75) is 39.3 Å². The van der Waals surface area contributed by atoms with E-state index in [0.717, 1.165) is 23.8 Å². The van der Waals surface area contributed by atoms with Gasteiger partial charge in [-0.15, -0.1) is 0 Å². The molecule has 3 aromatic carbocycles. The minimum atomic E-state index is -0.855. The molecule has 0 fully saturated rings. The lowest BCUT2D eigenvalue weighted by Gasteiger charge is -2.30. The lowest BCUT2D eigenvalue weighted by molar-refractivity contribution is -0.140. The van der Waals surface area contributed by atoms with E-state index in [1.807, 2.05) is 81.4 Å². The Balaban J connectivity index is 1.88. The Kier molecular flexibility index (Phi) is 8.64. The van der Waals surface area contributed by atoms with Gasteiger partial charge < -0.3 is 14.4 Å². The van der Waals surface area contributed by atoms with Gasteiger partial charge in [-0.25, -0.2) is 0 Å². The molecule has 0 aliphatic rings. The monoisotopic (exact) mass is 445 g/mol. The van der Waals surface area contributed by atoms with Crippen LogP contribution in [0.1, 0.15) is 48.4 Å². The summed E-state index contributed by atoms with van der Waals surface area (Å²) in [5.41, 5.74) is 2.36. The average Bonchev–Trinajstić information content (AvgIpc) is 2.84. The van der Waals surface area contributed by atoms with E-state index < -0.39 is 6.10 Å². The Morgan fingerprint density at radius 2 is 1.61 bits per heavy atom. The molecule has 1 amide bonds. The SMILES string of the molecule is CCN(C(=O)C(Oc1cc(C=O)ccc1OCCc1ccccc1)c1ccccc1)C(C)C. The van der Waals surface area contributed by atoms with Gasteiger partial charge in [0.2, 0.25) is 6.10 Å². The van der Waals surface area contributed by atoms with Crippen LogP contribution >= 0.6 is 0 Å². The van der Waals surface area contributed by atoms with E-state index in [9.17, 15) is 9.59 Å². The molecule has 0 N–H and O–H groups in total. The van der Waals surface area contributed by atoms with E-state index in [1.54, 1.807) is 23.1 Å². The summed E-state index contributed by atoms with van der Waals surface area (Å²) in [7, 11) is 0. The molecule has 3 aromatic rings. The van der Waals surface area contributed by atoms with Crippen molar-refractivity contribution in [3.05, 3.63) is 95.6 Å². The second-order valence-corrected chi connectivity index (χ2v) is 8.03. The average molecular weight is 446 g/mol. The van der Waals surface area contributed by atoms with Crippen molar-refractivity contribution in [3.8, 4) is 11.5 Å². The van der Waals surface area contributed by atoms with Crippen molar-refractivity contribution in [1.82, 2.24) is 4.90 Å². The Morgan fingerprint density at radius 3 is 2.21 bits per heavy atom. The predicted molar refractivity (Wildman–Crippen MR) is 130 cm³/mol. The first-order chi connectivity index (χ1) is 16.0. The van der Waals surface area contributed by atoms with Crippen molar-refractivity contribution in [2.75, 3.05) is 13.2 Å². The van der Waals surface area contributed by atoms with Gasteiger partial charge in [0.1, 0.15) is 6.29 Å². The molecule has 5 heteroatoms. The normalized spacial score (nSPS) is 11.6. The number of hydrogen-bond donors (Lipinski definition) is 0. The highest BCUT2D eigenvalue weighted by atomic mass is 16.5.